The average molecular weight is 377 g/mol. The number of benzene rings is 1. The Morgan fingerprint density at radius 1 is 1.00 bits per heavy atom. The highest BCUT2D eigenvalue weighted by molar-refractivity contribution is 6.05. The molecule has 0 heterocycles. The number of fused-ring (bicyclic) bond motifs is 5. The Hall–Kier alpha value is -1.67. The maximum atomic E-state index is 13.4. The van der Waals surface area contributed by atoms with Crippen molar-refractivity contribution in [3.63, 3.8) is 0 Å². The summed E-state index contributed by atoms with van der Waals surface area (Å²) in [5.41, 5.74) is 3.73. The summed E-state index contributed by atoms with van der Waals surface area (Å²) in [4.78, 5) is 13.4. The van der Waals surface area contributed by atoms with Gasteiger partial charge in [0.15, 0.2) is 5.78 Å². The molecule has 2 nitrogen and oxygen atoms in total. The molecule has 3 fully saturated rings. The van der Waals surface area contributed by atoms with Crippen LogP contribution >= 0.6 is 0 Å². The van der Waals surface area contributed by atoms with Crippen LogP contribution in [-0.4, -0.2) is 17.0 Å². The largest absolute Gasteiger partial charge is 0.393 e. The topological polar surface area (TPSA) is 37.3 Å². The molecule has 0 saturated heterocycles. The predicted octanol–water partition coefficient (Wildman–Crippen LogP) is 5.57. The van der Waals surface area contributed by atoms with E-state index < -0.39 is 0 Å². The molecule has 0 unspecified atom stereocenters. The molecule has 4 aliphatic carbocycles. The maximum absolute atomic E-state index is 13.4. The number of ketones is 1. The lowest BCUT2D eigenvalue weighted by atomic mass is 9.48. The summed E-state index contributed by atoms with van der Waals surface area (Å²) in [6, 6.07) is 10.3. The lowest BCUT2D eigenvalue weighted by Gasteiger charge is -2.56. The van der Waals surface area contributed by atoms with Crippen LogP contribution in [0.1, 0.15) is 64.4 Å². The molecule has 1 aromatic carbocycles. The summed E-state index contributed by atoms with van der Waals surface area (Å²) in [7, 11) is 0. The SMILES string of the molecule is C[C@@]12CC[C@H]3[C@@H](CC=C4C[C@H](O)CC[C@@]43C)[C@H]1C/C(=C\c1ccccc1)C2=O. The molecule has 0 bridgehead atoms. The smallest absolute Gasteiger partial charge is 0.165 e. The van der Waals surface area contributed by atoms with Crippen LogP contribution in [0.5, 0.6) is 0 Å². The molecule has 28 heavy (non-hydrogen) atoms. The molecule has 3 saturated carbocycles. The number of Topliss-reactive ketones (excluding diaryl/α,β-unsaturated/α-hetero) is 1. The van der Waals surface area contributed by atoms with Gasteiger partial charge in [-0.2, -0.15) is 0 Å². The first kappa shape index (κ1) is 18.4. The van der Waals surface area contributed by atoms with E-state index in [0.717, 1.165) is 56.1 Å². The fraction of sp³-hybridized carbons (Fsp3) is 0.577. The summed E-state index contributed by atoms with van der Waals surface area (Å²) >= 11 is 0. The number of aliphatic hydroxyl groups is 1. The van der Waals surface area contributed by atoms with Crippen molar-refractivity contribution in [2.24, 2.45) is 28.6 Å². The first-order chi connectivity index (χ1) is 13.4. The molecule has 0 amide bonds. The van der Waals surface area contributed by atoms with Crippen LogP contribution in [0, 0.1) is 28.6 Å². The van der Waals surface area contributed by atoms with Gasteiger partial charge in [0.1, 0.15) is 0 Å². The monoisotopic (exact) mass is 376 g/mol. The third-order valence-electron chi connectivity index (χ3n) is 8.86. The minimum Gasteiger partial charge on any atom is -0.393 e. The standard InChI is InChI=1S/C26H32O2/c1-25-12-10-20(27)16-19(25)8-9-21-22(25)11-13-26(2)23(21)15-18(24(26)28)14-17-6-4-3-5-7-17/h3-8,14,20-23,27H,9-13,15-16H2,1-2H3/b18-14+/t20-,21-,22+,23-,25+,26-/m1/s1. The molecule has 0 radical (unpaired) electrons. The van der Waals surface area contributed by atoms with Crippen molar-refractivity contribution in [2.75, 3.05) is 0 Å². The Labute approximate surface area is 168 Å². The van der Waals surface area contributed by atoms with Crippen molar-refractivity contribution >= 4 is 11.9 Å². The van der Waals surface area contributed by atoms with Gasteiger partial charge in [-0.1, -0.05) is 55.8 Å². The number of carbonyl (C=O) groups is 1. The minimum atomic E-state index is -0.183. The van der Waals surface area contributed by atoms with Gasteiger partial charge >= 0.3 is 0 Å². The van der Waals surface area contributed by atoms with Gasteiger partial charge in [0.2, 0.25) is 0 Å². The van der Waals surface area contributed by atoms with Gasteiger partial charge in [0, 0.05) is 5.41 Å². The van der Waals surface area contributed by atoms with Crippen LogP contribution in [-0.2, 0) is 4.79 Å². The summed E-state index contributed by atoms with van der Waals surface area (Å²) in [5, 5.41) is 10.2. The molecular weight excluding hydrogens is 344 g/mol. The second-order valence-electron chi connectivity index (χ2n) is 10.2. The third-order valence-corrected chi connectivity index (χ3v) is 8.86. The van der Waals surface area contributed by atoms with E-state index in [4.69, 9.17) is 0 Å². The predicted molar refractivity (Wildman–Crippen MR) is 113 cm³/mol. The van der Waals surface area contributed by atoms with Crippen LogP contribution in [0.25, 0.3) is 6.08 Å². The Morgan fingerprint density at radius 2 is 1.75 bits per heavy atom. The van der Waals surface area contributed by atoms with E-state index in [-0.39, 0.29) is 16.9 Å². The fourth-order valence-corrected chi connectivity index (χ4v) is 7.19. The zero-order valence-corrected chi connectivity index (χ0v) is 17.2. The van der Waals surface area contributed by atoms with Crippen molar-refractivity contribution in [1.82, 2.24) is 0 Å². The lowest BCUT2D eigenvalue weighted by molar-refractivity contribution is -0.130. The number of carbonyl (C=O) groups excluding carboxylic acids is 1. The normalized spacial score (nSPS) is 43.9. The van der Waals surface area contributed by atoms with Crippen molar-refractivity contribution in [2.45, 2.75) is 64.9 Å². The van der Waals surface area contributed by atoms with E-state index in [1.165, 1.54) is 5.57 Å². The van der Waals surface area contributed by atoms with Crippen molar-refractivity contribution in [3.05, 3.63) is 53.1 Å². The van der Waals surface area contributed by atoms with E-state index in [1.54, 1.807) is 0 Å². The minimum absolute atomic E-state index is 0.154. The Balaban J connectivity index is 1.48. The molecule has 1 N–H and O–H groups in total. The first-order valence-corrected chi connectivity index (χ1v) is 11.1. The van der Waals surface area contributed by atoms with E-state index in [1.807, 2.05) is 18.2 Å². The van der Waals surface area contributed by atoms with Crippen molar-refractivity contribution < 1.29 is 9.90 Å². The second-order valence-corrected chi connectivity index (χ2v) is 10.2. The molecule has 0 aromatic heterocycles. The molecular formula is C26H32O2. The quantitative estimate of drug-likeness (QED) is 0.514. The first-order valence-electron chi connectivity index (χ1n) is 11.1. The van der Waals surface area contributed by atoms with Crippen LogP contribution in [0.3, 0.4) is 0 Å². The Kier molecular flexibility index (Phi) is 4.21. The summed E-state index contributed by atoms with van der Waals surface area (Å²) in [6.07, 6.45) is 11.5. The van der Waals surface area contributed by atoms with Crippen molar-refractivity contribution in [3.8, 4) is 0 Å². The molecule has 0 aliphatic heterocycles. The molecule has 0 spiro atoms. The van der Waals surface area contributed by atoms with Gasteiger partial charge in [0.25, 0.3) is 0 Å². The highest BCUT2D eigenvalue weighted by Crippen LogP contribution is 2.64. The molecule has 5 rings (SSSR count). The van der Waals surface area contributed by atoms with Gasteiger partial charge < -0.3 is 5.11 Å². The second kappa shape index (κ2) is 6.42. The van der Waals surface area contributed by atoms with Crippen LogP contribution in [0.4, 0.5) is 0 Å². The van der Waals surface area contributed by atoms with Crippen LogP contribution < -0.4 is 0 Å². The van der Waals surface area contributed by atoms with Crippen molar-refractivity contribution in [1.29, 1.82) is 0 Å². The lowest BCUT2D eigenvalue weighted by Crippen LogP contribution is -2.50. The van der Waals surface area contributed by atoms with Crippen LogP contribution in [0.15, 0.2) is 47.6 Å². The number of aliphatic hydroxyl groups excluding tert-OH is 1. The molecule has 148 valence electrons. The Bertz CT molecular complexity index is 850. The van der Waals surface area contributed by atoms with Gasteiger partial charge in [-0.3, -0.25) is 4.79 Å². The number of hydrogen-bond donors (Lipinski definition) is 1. The Morgan fingerprint density at radius 3 is 2.54 bits per heavy atom. The van der Waals surface area contributed by atoms with E-state index >= 15 is 0 Å². The summed E-state index contributed by atoms with van der Waals surface area (Å²) < 4.78 is 0. The molecule has 1 aromatic rings. The van der Waals surface area contributed by atoms with Gasteiger partial charge in [-0.15, -0.1) is 0 Å². The average Bonchev–Trinajstić information content (AvgIpc) is 2.94. The summed E-state index contributed by atoms with van der Waals surface area (Å²) in [5.74, 6) is 2.14. The van der Waals surface area contributed by atoms with Gasteiger partial charge in [0.05, 0.1) is 6.10 Å². The highest BCUT2D eigenvalue weighted by atomic mass is 16.3. The zero-order valence-electron chi connectivity index (χ0n) is 17.2. The fourth-order valence-electron chi connectivity index (χ4n) is 7.19. The molecule has 4 aliphatic rings. The zero-order chi connectivity index (χ0) is 19.5. The highest BCUT2D eigenvalue weighted by Gasteiger charge is 2.59. The van der Waals surface area contributed by atoms with Gasteiger partial charge in [-0.05, 0) is 85.3 Å². The molecule has 2 heteroatoms. The third kappa shape index (κ3) is 2.60. The maximum Gasteiger partial charge on any atom is 0.165 e. The van der Waals surface area contributed by atoms with E-state index in [0.29, 0.717) is 23.5 Å². The number of hydrogen-bond acceptors (Lipinski definition) is 2. The van der Waals surface area contributed by atoms with Gasteiger partial charge in [-0.25, -0.2) is 0 Å². The van der Waals surface area contributed by atoms with E-state index in [2.05, 4.69) is 38.1 Å². The molecule has 6 atom stereocenters. The number of allylic oxidation sites excluding steroid dienone is 2. The number of rotatable bonds is 1. The van der Waals surface area contributed by atoms with Crippen LogP contribution in [0.2, 0.25) is 0 Å². The summed E-state index contributed by atoms with van der Waals surface area (Å²) in [6.45, 7) is 4.69. The van der Waals surface area contributed by atoms with E-state index in [9.17, 15) is 9.90 Å².